The predicted octanol–water partition coefficient (Wildman–Crippen LogP) is 2.92. The summed E-state index contributed by atoms with van der Waals surface area (Å²) in [7, 11) is 0. The second-order valence-electron chi connectivity index (χ2n) is 7.71. The monoisotopic (exact) mass is 394 g/mol. The number of likely N-dealkylation sites (tertiary alicyclic amines) is 1. The van der Waals surface area contributed by atoms with Gasteiger partial charge in [0.1, 0.15) is 5.82 Å². The smallest absolute Gasteiger partial charge is 0.276 e. The van der Waals surface area contributed by atoms with E-state index >= 15 is 0 Å². The molecule has 1 aliphatic heterocycles. The molecule has 0 radical (unpaired) electrons. The molecule has 1 N–H and O–H groups in total. The van der Waals surface area contributed by atoms with Crippen molar-refractivity contribution in [2.24, 2.45) is 0 Å². The number of aromatic nitrogens is 3. The highest BCUT2D eigenvalue weighted by Gasteiger charge is 2.35. The highest BCUT2D eigenvalue weighted by atomic mass is 19.1. The van der Waals surface area contributed by atoms with Crippen LogP contribution in [0.3, 0.4) is 0 Å². The van der Waals surface area contributed by atoms with Crippen molar-refractivity contribution in [3.05, 3.63) is 77.4 Å². The quantitative estimate of drug-likeness (QED) is 0.739. The van der Waals surface area contributed by atoms with Crippen molar-refractivity contribution in [2.45, 2.75) is 31.8 Å². The molecule has 1 amide bonds. The lowest BCUT2D eigenvalue weighted by molar-refractivity contribution is -0.0164. The molecular formula is C22H23FN4O2. The third-order valence-corrected chi connectivity index (χ3v) is 5.41. The molecule has 4 rings (SSSR count). The fourth-order valence-electron chi connectivity index (χ4n) is 3.68. The average molecular weight is 394 g/mol. The Hall–Kier alpha value is -3.06. The van der Waals surface area contributed by atoms with Gasteiger partial charge in [0, 0.05) is 19.5 Å². The van der Waals surface area contributed by atoms with Gasteiger partial charge in [0.2, 0.25) is 0 Å². The van der Waals surface area contributed by atoms with Gasteiger partial charge in [-0.15, -0.1) is 5.10 Å². The number of carbonyl (C=O) groups excluding carboxylic acids is 1. The van der Waals surface area contributed by atoms with Crippen LogP contribution in [0.15, 0.2) is 54.7 Å². The zero-order valence-corrected chi connectivity index (χ0v) is 16.3. The Morgan fingerprint density at radius 2 is 1.90 bits per heavy atom. The van der Waals surface area contributed by atoms with Gasteiger partial charge in [0.15, 0.2) is 5.69 Å². The van der Waals surface area contributed by atoms with Crippen molar-refractivity contribution < 1.29 is 14.3 Å². The van der Waals surface area contributed by atoms with E-state index in [2.05, 4.69) is 10.3 Å². The Morgan fingerprint density at radius 3 is 2.59 bits per heavy atom. The van der Waals surface area contributed by atoms with Crippen LogP contribution in [0.5, 0.6) is 0 Å². The molecule has 0 bridgehead atoms. The highest BCUT2D eigenvalue weighted by molar-refractivity contribution is 5.92. The van der Waals surface area contributed by atoms with E-state index < -0.39 is 5.60 Å². The standard InChI is InChI=1S/C22H23FN4O2/c1-16-5-7-19(8-6-16)27-15-20(24-25-27)21(28)26-11-9-22(29,10-12-26)14-17-3-2-4-18(23)13-17/h2-8,13,15,29H,9-12,14H2,1H3. The summed E-state index contributed by atoms with van der Waals surface area (Å²) < 4.78 is 15.0. The molecule has 3 aromatic rings. The molecule has 0 spiro atoms. The molecule has 29 heavy (non-hydrogen) atoms. The van der Waals surface area contributed by atoms with Crippen molar-refractivity contribution in [2.75, 3.05) is 13.1 Å². The van der Waals surface area contributed by atoms with E-state index in [0.29, 0.717) is 32.4 Å². The normalized spacial score (nSPS) is 16.0. The number of halogens is 1. The zero-order chi connectivity index (χ0) is 20.4. The van der Waals surface area contributed by atoms with Crippen LogP contribution in [0.2, 0.25) is 0 Å². The molecule has 0 atom stereocenters. The van der Waals surface area contributed by atoms with Crippen molar-refractivity contribution in [1.82, 2.24) is 19.9 Å². The summed E-state index contributed by atoms with van der Waals surface area (Å²) in [5, 5.41) is 18.9. The van der Waals surface area contributed by atoms with E-state index in [1.54, 1.807) is 21.8 Å². The molecular weight excluding hydrogens is 371 g/mol. The van der Waals surface area contributed by atoms with E-state index in [1.165, 1.54) is 12.1 Å². The third kappa shape index (κ3) is 4.35. The fourth-order valence-corrected chi connectivity index (χ4v) is 3.68. The summed E-state index contributed by atoms with van der Waals surface area (Å²) in [5.74, 6) is -0.508. The lowest BCUT2D eigenvalue weighted by Crippen LogP contribution is -2.47. The van der Waals surface area contributed by atoms with Gasteiger partial charge in [-0.1, -0.05) is 35.0 Å². The summed E-state index contributed by atoms with van der Waals surface area (Å²) in [6, 6.07) is 14.1. The van der Waals surface area contributed by atoms with Crippen LogP contribution in [-0.4, -0.2) is 49.6 Å². The first-order valence-electron chi connectivity index (χ1n) is 9.67. The second kappa shape index (κ2) is 7.75. The van der Waals surface area contributed by atoms with Gasteiger partial charge in [0.25, 0.3) is 5.91 Å². The number of hydrogen-bond donors (Lipinski definition) is 1. The van der Waals surface area contributed by atoms with Gasteiger partial charge in [-0.25, -0.2) is 9.07 Å². The summed E-state index contributed by atoms with van der Waals surface area (Å²) in [5.41, 5.74) is 2.08. The number of amides is 1. The summed E-state index contributed by atoms with van der Waals surface area (Å²) >= 11 is 0. The lowest BCUT2D eigenvalue weighted by Gasteiger charge is -2.38. The van der Waals surface area contributed by atoms with Crippen LogP contribution in [0, 0.1) is 12.7 Å². The van der Waals surface area contributed by atoms with Crippen molar-refractivity contribution in [3.63, 3.8) is 0 Å². The topological polar surface area (TPSA) is 71.2 Å². The number of piperidine rings is 1. The summed E-state index contributed by atoms with van der Waals surface area (Å²) in [6.45, 7) is 2.84. The number of nitrogens with zero attached hydrogens (tertiary/aromatic N) is 4. The molecule has 1 aliphatic rings. The van der Waals surface area contributed by atoms with Crippen LogP contribution in [0.1, 0.15) is 34.5 Å². The maximum atomic E-state index is 13.4. The van der Waals surface area contributed by atoms with Gasteiger partial charge in [0.05, 0.1) is 17.5 Å². The number of carbonyl (C=O) groups is 1. The van der Waals surface area contributed by atoms with Crippen LogP contribution >= 0.6 is 0 Å². The highest BCUT2D eigenvalue weighted by Crippen LogP contribution is 2.27. The molecule has 150 valence electrons. The van der Waals surface area contributed by atoms with Gasteiger partial charge in [-0.3, -0.25) is 4.79 Å². The minimum atomic E-state index is -0.940. The fraction of sp³-hybridized carbons (Fsp3) is 0.318. The molecule has 2 aromatic carbocycles. The first kappa shape index (κ1) is 19.3. The molecule has 0 saturated carbocycles. The zero-order valence-electron chi connectivity index (χ0n) is 16.3. The molecule has 0 unspecified atom stereocenters. The number of benzene rings is 2. The van der Waals surface area contributed by atoms with E-state index in [-0.39, 0.29) is 17.4 Å². The minimum absolute atomic E-state index is 0.198. The number of hydrogen-bond acceptors (Lipinski definition) is 4. The number of aliphatic hydroxyl groups is 1. The predicted molar refractivity (Wildman–Crippen MR) is 106 cm³/mol. The van der Waals surface area contributed by atoms with E-state index in [4.69, 9.17) is 0 Å². The molecule has 1 saturated heterocycles. The Labute approximate surface area is 168 Å². The number of rotatable bonds is 4. The Kier molecular flexibility index (Phi) is 5.15. The Morgan fingerprint density at radius 1 is 1.17 bits per heavy atom. The van der Waals surface area contributed by atoms with Crippen LogP contribution in [0.4, 0.5) is 4.39 Å². The Balaban J connectivity index is 1.39. The maximum absolute atomic E-state index is 13.4. The first-order valence-corrected chi connectivity index (χ1v) is 9.67. The van der Waals surface area contributed by atoms with E-state index in [1.807, 2.05) is 37.3 Å². The van der Waals surface area contributed by atoms with E-state index in [9.17, 15) is 14.3 Å². The van der Waals surface area contributed by atoms with Crippen LogP contribution < -0.4 is 0 Å². The van der Waals surface area contributed by atoms with Crippen molar-refractivity contribution >= 4 is 5.91 Å². The summed E-state index contributed by atoms with van der Waals surface area (Å²) in [4.78, 5) is 14.5. The van der Waals surface area contributed by atoms with Gasteiger partial charge in [-0.2, -0.15) is 0 Å². The lowest BCUT2D eigenvalue weighted by atomic mass is 9.85. The molecule has 1 fully saturated rings. The maximum Gasteiger partial charge on any atom is 0.276 e. The number of aryl methyl sites for hydroxylation is 1. The molecule has 0 aliphatic carbocycles. The molecule has 7 heteroatoms. The van der Waals surface area contributed by atoms with Gasteiger partial charge >= 0.3 is 0 Å². The second-order valence-corrected chi connectivity index (χ2v) is 7.71. The van der Waals surface area contributed by atoms with Crippen molar-refractivity contribution in [3.8, 4) is 5.69 Å². The summed E-state index contributed by atoms with van der Waals surface area (Å²) in [6.07, 6.45) is 2.86. The average Bonchev–Trinajstić information content (AvgIpc) is 3.18. The molecule has 2 heterocycles. The largest absolute Gasteiger partial charge is 0.389 e. The van der Waals surface area contributed by atoms with E-state index in [0.717, 1.165) is 16.8 Å². The first-order chi connectivity index (χ1) is 13.9. The third-order valence-electron chi connectivity index (χ3n) is 5.41. The minimum Gasteiger partial charge on any atom is -0.389 e. The van der Waals surface area contributed by atoms with Crippen LogP contribution in [0.25, 0.3) is 5.69 Å². The van der Waals surface area contributed by atoms with Crippen molar-refractivity contribution in [1.29, 1.82) is 0 Å². The molecule has 1 aromatic heterocycles. The van der Waals surface area contributed by atoms with Gasteiger partial charge < -0.3 is 10.0 Å². The van der Waals surface area contributed by atoms with Crippen LogP contribution in [-0.2, 0) is 6.42 Å². The molecule has 6 nitrogen and oxygen atoms in total. The Bertz CT molecular complexity index is 1010. The SMILES string of the molecule is Cc1ccc(-n2cc(C(=O)N3CCC(O)(Cc4cccc(F)c4)CC3)nn2)cc1. The van der Waals surface area contributed by atoms with Gasteiger partial charge in [-0.05, 0) is 49.6 Å².